The second kappa shape index (κ2) is 7.94. The van der Waals surface area contributed by atoms with Crippen LogP contribution in [-0.4, -0.2) is 66.0 Å². The molecule has 144 valence electrons. The van der Waals surface area contributed by atoms with E-state index >= 15 is 0 Å². The summed E-state index contributed by atoms with van der Waals surface area (Å²) in [6, 6.07) is 7.99. The minimum atomic E-state index is -0.832. The van der Waals surface area contributed by atoms with E-state index in [1.54, 1.807) is 12.0 Å². The molecule has 6 nitrogen and oxygen atoms in total. The highest BCUT2D eigenvalue weighted by molar-refractivity contribution is 5.89. The predicted octanol–water partition coefficient (Wildman–Crippen LogP) is 1.44. The van der Waals surface area contributed by atoms with Crippen LogP contribution in [0.5, 0.6) is 5.75 Å². The molecule has 3 rings (SSSR count). The van der Waals surface area contributed by atoms with Gasteiger partial charge in [0, 0.05) is 13.1 Å². The summed E-state index contributed by atoms with van der Waals surface area (Å²) in [7, 11) is 1.66. The molecule has 0 radical (unpaired) electrons. The molecule has 1 aromatic rings. The first kappa shape index (κ1) is 19.1. The van der Waals surface area contributed by atoms with E-state index in [1.165, 1.54) is 5.56 Å². The maximum absolute atomic E-state index is 13.2. The molecule has 2 saturated heterocycles. The Labute approximate surface area is 156 Å². The molecule has 0 bridgehead atoms. The smallest absolute Gasteiger partial charge is 0.246 e. The van der Waals surface area contributed by atoms with Crippen LogP contribution in [0.2, 0.25) is 0 Å². The van der Waals surface area contributed by atoms with Crippen LogP contribution in [0, 0.1) is 5.92 Å². The summed E-state index contributed by atoms with van der Waals surface area (Å²) >= 11 is 0. The zero-order valence-corrected chi connectivity index (χ0v) is 16.1. The molecule has 1 aromatic carbocycles. The minimum absolute atomic E-state index is 0.0925. The lowest BCUT2D eigenvalue weighted by atomic mass is 9.86. The number of aliphatic hydroxyl groups excluding tert-OH is 1. The van der Waals surface area contributed by atoms with Gasteiger partial charge in [-0.25, -0.2) is 4.90 Å². The summed E-state index contributed by atoms with van der Waals surface area (Å²) in [5.41, 5.74) is 0.614. The van der Waals surface area contributed by atoms with Crippen LogP contribution in [0.25, 0.3) is 0 Å². The van der Waals surface area contributed by atoms with Crippen LogP contribution < -0.4 is 10.1 Å². The summed E-state index contributed by atoms with van der Waals surface area (Å²) in [6.07, 6.45) is 1.46. The average molecular weight is 361 g/mol. The molecule has 2 aliphatic rings. The normalized spacial score (nSPS) is 23.2. The van der Waals surface area contributed by atoms with Gasteiger partial charge in [-0.3, -0.25) is 4.79 Å². The van der Waals surface area contributed by atoms with Gasteiger partial charge in [-0.2, -0.15) is 0 Å². The van der Waals surface area contributed by atoms with E-state index in [0.29, 0.717) is 19.0 Å². The maximum atomic E-state index is 13.2. The molecule has 1 spiro atoms. The molecule has 0 aromatic heterocycles. The van der Waals surface area contributed by atoms with E-state index in [0.717, 1.165) is 38.1 Å². The number of amides is 1. The van der Waals surface area contributed by atoms with E-state index in [-0.39, 0.29) is 5.91 Å². The summed E-state index contributed by atoms with van der Waals surface area (Å²) < 4.78 is 5.21. The van der Waals surface area contributed by atoms with Crippen LogP contribution in [-0.2, 0) is 11.2 Å². The lowest BCUT2D eigenvalue weighted by Gasteiger charge is -2.39. The third-order valence-electron chi connectivity index (χ3n) is 5.56. The predicted molar refractivity (Wildman–Crippen MR) is 101 cm³/mol. The van der Waals surface area contributed by atoms with Gasteiger partial charge in [0.25, 0.3) is 0 Å². The average Bonchev–Trinajstić information content (AvgIpc) is 2.82. The Balaban J connectivity index is 1.78. The van der Waals surface area contributed by atoms with Crippen molar-refractivity contribution in [3.05, 3.63) is 29.8 Å². The van der Waals surface area contributed by atoms with Gasteiger partial charge in [0.05, 0.1) is 7.11 Å². The summed E-state index contributed by atoms with van der Waals surface area (Å²) in [4.78, 5) is 16.9. The monoisotopic (exact) mass is 361 g/mol. The molecule has 2 fully saturated rings. The van der Waals surface area contributed by atoms with Crippen molar-refractivity contribution >= 4 is 5.91 Å². The van der Waals surface area contributed by atoms with E-state index in [4.69, 9.17) is 4.74 Å². The van der Waals surface area contributed by atoms with Crippen molar-refractivity contribution in [2.75, 3.05) is 33.3 Å². The van der Waals surface area contributed by atoms with Crippen LogP contribution in [0.4, 0.5) is 0 Å². The Hall–Kier alpha value is -1.63. The van der Waals surface area contributed by atoms with Crippen molar-refractivity contribution in [2.24, 2.45) is 5.92 Å². The second-order valence-electron chi connectivity index (χ2n) is 7.77. The standard InChI is InChI=1S/C20H31N3O3/c1-15(2)14-22-18(24)20(9-11-21-12-10-20)23(19(22)25)13-8-16-4-6-17(26-3)7-5-16/h4-7,15,19,21,25H,8-14H2,1-3H3. The van der Waals surface area contributed by atoms with Gasteiger partial charge in [0.1, 0.15) is 11.3 Å². The number of aliphatic hydroxyl groups is 1. The lowest BCUT2D eigenvalue weighted by molar-refractivity contribution is -0.137. The van der Waals surface area contributed by atoms with E-state index < -0.39 is 11.9 Å². The topological polar surface area (TPSA) is 65.0 Å². The van der Waals surface area contributed by atoms with E-state index in [2.05, 4.69) is 19.2 Å². The Morgan fingerprint density at radius 2 is 1.92 bits per heavy atom. The number of nitrogens with zero attached hydrogens (tertiary/aromatic N) is 2. The molecule has 2 aliphatic heterocycles. The van der Waals surface area contributed by atoms with Gasteiger partial charge in [0.2, 0.25) is 5.91 Å². The van der Waals surface area contributed by atoms with Gasteiger partial charge >= 0.3 is 0 Å². The first-order chi connectivity index (χ1) is 12.5. The van der Waals surface area contributed by atoms with Crippen LogP contribution >= 0.6 is 0 Å². The fourth-order valence-corrected chi connectivity index (χ4v) is 4.17. The van der Waals surface area contributed by atoms with Gasteiger partial charge in [-0.1, -0.05) is 26.0 Å². The van der Waals surface area contributed by atoms with Crippen LogP contribution in [0.3, 0.4) is 0 Å². The summed E-state index contributed by atoms with van der Waals surface area (Å²) in [5, 5.41) is 14.3. The third-order valence-corrected chi connectivity index (χ3v) is 5.56. The zero-order chi connectivity index (χ0) is 18.7. The number of carbonyl (C=O) groups is 1. The molecule has 6 heteroatoms. The quantitative estimate of drug-likeness (QED) is 0.803. The second-order valence-corrected chi connectivity index (χ2v) is 7.77. The molecule has 1 unspecified atom stereocenters. The first-order valence-corrected chi connectivity index (χ1v) is 9.57. The lowest BCUT2D eigenvalue weighted by Crippen LogP contribution is -2.56. The van der Waals surface area contributed by atoms with Crippen molar-refractivity contribution in [3.8, 4) is 5.75 Å². The van der Waals surface area contributed by atoms with Gasteiger partial charge in [-0.05, 0) is 56.0 Å². The van der Waals surface area contributed by atoms with Crippen LogP contribution in [0.15, 0.2) is 24.3 Å². The molecule has 2 heterocycles. The molecular formula is C20H31N3O3. The van der Waals surface area contributed by atoms with Crippen molar-refractivity contribution in [1.29, 1.82) is 0 Å². The molecule has 0 saturated carbocycles. The molecular weight excluding hydrogens is 330 g/mol. The molecule has 1 amide bonds. The maximum Gasteiger partial charge on any atom is 0.246 e. The number of nitrogens with one attached hydrogen (secondary N) is 1. The largest absolute Gasteiger partial charge is 0.497 e. The van der Waals surface area contributed by atoms with Gasteiger partial charge in [-0.15, -0.1) is 0 Å². The fourth-order valence-electron chi connectivity index (χ4n) is 4.17. The molecule has 2 N–H and O–H groups in total. The highest BCUT2D eigenvalue weighted by atomic mass is 16.5. The Bertz CT molecular complexity index is 611. The van der Waals surface area contributed by atoms with Crippen LogP contribution in [0.1, 0.15) is 32.3 Å². The minimum Gasteiger partial charge on any atom is -0.497 e. The highest BCUT2D eigenvalue weighted by Crippen LogP contribution is 2.37. The number of piperidine rings is 1. The summed E-state index contributed by atoms with van der Waals surface area (Å²) in [6.45, 7) is 7.03. The van der Waals surface area contributed by atoms with Crippen molar-refractivity contribution < 1.29 is 14.6 Å². The number of hydrogen-bond donors (Lipinski definition) is 2. The summed E-state index contributed by atoms with van der Waals surface area (Å²) in [5.74, 6) is 1.26. The van der Waals surface area contributed by atoms with Crippen molar-refractivity contribution in [1.82, 2.24) is 15.1 Å². The van der Waals surface area contributed by atoms with Gasteiger partial charge < -0.3 is 20.1 Å². The van der Waals surface area contributed by atoms with Crippen molar-refractivity contribution in [2.45, 2.75) is 45.0 Å². The Morgan fingerprint density at radius 3 is 2.50 bits per heavy atom. The molecule has 1 atom stereocenters. The molecule has 0 aliphatic carbocycles. The number of rotatable bonds is 6. The Kier molecular flexibility index (Phi) is 5.85. The fraction of sp³-hybridized carbons (Fsp3) is 0.650. The number of ether oxygens (including phenoxy) is 1. The molecule has 26 heavy (non-hydrogen) atoms. The van der Waals surface area contributed by atoms with E-state index in [1.807, 2.05) is 29.2 Å². The Morgan fingerprint density at radius 1 is 1.27 bits per heavy atom. The first-order valence-electron chi connectivity index (χ1n) is 9.57. The highest BCUT2D eigenvalue weighted by Gasteiger charge is 2.56. The number of benzene rings is 1. The number of methoxy groups -OCH3 is 1. The SMILES string of the molecule is COc1ccc(CCN2C(O)N(CC(C)C)C(=O)C23CCNCC3)cc1. The number of hydrogen-bond acceptors (Lipinski definition) is 5. The number of carbonyl (C=O) groups excluding carboxylic acids is 1. The van der Waals surface area contributed by atoms with Crippen molar-refractivity contribution in [3.63, 3.8) is 0 Å². The zero-order valence-electron chi connectivity index (χ0n) is 16.1. The van der Waals surface area contributed by atoms with E-state index in [9.17, 15) is 9.90 Å². The van der Waals surface area contributed by atoms with Gasteiger partial charge in [0.15, 0.2) is 6.35 Å². The third kappa shape index (κ3) is 3.59.